The standard InChI is InChI=1S/C9H6N2O2S/c12-9(7-1-3-10-4-2-7)13-8-5-11-6-14-8/h1-6H. The molecule has 5 heteroatoms. The van der Waals surface area contributed by atoms with Crippen LogP contribution in [0.3, 0.4) is 0 Å². The van der Waals surface area contributed by atoms with Gasteiger partial charge in [0.25, 0.3) is 0 Å². The molecule has 4 nitrogen and oxygen atoms in total. The Bertz CT molecular complexity index is 414. The lowest BCUT2D eigenvalue weighted by atomic mass is 10.3. The fourth-order valence-electron chi connectivity index (χ4n) is 0.893. The zero-order valence-electron chi connectivity index (χ0n) is 7.08. The maximum atomic E-state index is 11.4. The van der Waals surface area contributed by atoms with Gasteiger partial charge in [0.2, 0.25) is 5.06 Å². The van der Waals surface area contributed by atoms with Crippen LogP contribution in [0.25, 0.3) is 0 Å². The van der Waals surface area contributed by atoms with E-state index in [-0.39, 0.29) is 0 Å². The number of rotatable bonds is 2. The van der Waals surface area contributed by atoms with Gasteiger partial charge in [-0.25, -0.2) is 9.78 Å². The molecule has 0 fully saturated rings. The Balaban J connectivity index is 2.11. The summed E-state index contributed by atoms with van der Waals surface area (Å²) in [6.45, 7) is 0. The minimum absolute atomic E-state index is 0.392. The molecular weight excluding hydrogens is 200 g/mol. The van der Waals surface area contributed by atoms with Gasteiger partial charge in [0.1, 0.15) is 0 Å². The van der Waals surface area contributed by atoms with Gasteiger partial charge in [0.05, 0.1) is 17.3 Å². The number of aromatic nitrogens is 2. The van der Waals surface area contributed by atoms with Crippen molar-refractivity contribution in [2.24, 2.45) is 0 Å². The highest BCUT2D eigenvalue weighted by Gasteiger charge is 2.08. The van der Waals surface area contributed by atoms with Gasteiger partial charge in [0.15, 0.2) is 0 Å². The van der Waals surface area contributed by atoms with Gasteiger partial charge in [-0.2, -0.15) is 0 Å². The van der Waals surface area contributed by atoms with E-state index in [1.165, 1.54) is 17.5 Å². The monoisotopic (exact) mass is 206 g/mol. The topological polar surface area (TPSA) is 52.1 Å². The minimum Gasteiger partial charge on any atom is -0.410 e. The Hall–Kier alpha value is -1.75. The highest BCUT2D eigenvalue weighted by Crippen LogP contribution is 2.17. The molecule has 0 saturated carbocycles. The van der Waals surface area contributed by atoms with Crippen LogP contribution in [0.15, 0.2) is 36.2 Å². The van der Waals surface area contributed by atoms with Crippen molar-refractivity contribution < 1.29 is 9.53 Å². The summed E-state index contributed by atoms with van der Waals surface area (Å²) in [6.07, 6.45) is 4.59. The van der Waals surface area contributed by atoms with Gasteiger partial charge < -0.3 is 4.74 Å². The number of carbonyl (C=O) groups excluding carboxylic acids is 1. The number of hydrogen-bond acceptors (Lipinski definition) is 5. The molecule has 0 aromatic carbocycles. The molecule has 0 aliphatic rings. The maximum absolute atomic E-state index is 11.4. The maximum Gasteiger partial charge on any atom is 0.344 e. The highest BCUT2D eigenvalue weighted by atomic mass is 32.1. The zero-order chi connectivity index (χ0) is 9.80. The van der Waals surface area contributed by atoms with Crippen LogP contribution in [0.4, 0.5) is 0 Å². The van der Waals surface area contributed by atoms with Crippen molar-refractivity contribution in [1.29, 1.82) is 0 Å². The van der Waals surface area contributed by atoms with E-state index in [2.05, 4.69) is 9.97 Å². The van der Waals surface area contributed by atoms with Crippen LogP contribution >= 0.6 is 11.3 Å². The number of esters is 1. The molecule has 0 bridgehead atoms. The van der Waals surface area contributed by atoms with Gasteiger partial charge in [-0.1, -0.05) is 11.3 Å². The van der Waals surface area contributed by atoms with Crippen molar-refractivity contribution in [1.82, 2.24) is 9.97 Å². The summed E-state index contributed by atoms with van der Waals surface area (Å²) in [5.41, 5.74) is 2.09. The van der Waals surface area contributed by atoms with Gasteiger partial charge in [0, 0.05) is 12.4 Å². The van der Waals surface area contributed by atoms with E-state index in [1.54, 1.807) is 30.0 Å². The average molecular weight is 206 g/mol. The molecule has 0 aliphatic carbocycles. The number of ether oxygens (including phenoxy) is 1. The summed E-state index contributed by atoms with van der Waals surface area (Å²) in [4.78, 5) is 19.0. The van der Waals surface area contributed by atoms with Crippen molar-refractivity contribution in [3.8, 4) is 5.06 Å². The summed E-state index contributed by atoms with van der Waals surface area (Å²) in [5, 5.41) is 0.492. The zero-order valence-corrected chi connectivity index (χ0v) is 7.90. The van der Waals surface area contributed by atoms with E-state index in [0.717, 1.165) is 0 Å². The second-order valence-corrected chi connectivity index (χ2v) is 3.29. The summed E-state index contributed by atoms with van der Waals surface area (Å²) in [7, 11) is 0. The molecule has 0 N–H and O–H groups in total. The Morgan fingerprint density at radius 3 is 2.71 bits per heavy atom. The third-order valence-corrected chi connectivity index (χ3v) is 2.17. The van der Waals surface area contributed by atoms with Gasteiger partial charge in [-0.3, -0.25) is 4.98 Å². The largest absolute Gasteiger partial charge is 0.410 e. The van der Waals surface area contributed by atoms with Crippen LogP contribution in [0.5, 0.6) is 5.06 Å². The molecular formula is C9H6N2O2S. The van der Waals surface area contributed by atoms with Gasteiger partial charge >= 0.3 is 5.97 Å². The fourth-order valence-corrected chi connectivity index (χ4v) is 1.36. The van der Waals surface area contributed by atoms with E-state index in [0.29, 0.717) is 10.6 Å². The average Bonchev–Trinajstić information content (AvgIpc) is 2.72. The molecule has 0 unspecified atom stereocenters. The Morgan fingerprint density at radius 1 is 1.29 bits per heavy atom. The van der Waals surface area contributed by atoms with Crippen molar-refractivity contribution in [2.75, 3.05) is 0 Å². The van der Waals surface area contributed by atoms with Crippen LogP contribution in [0.2, 0.25) is 0 Å². The predicted molar refractivity (Wildman–Crippen MR) is 51.3 cm³/mol. The molecule has 2 heterocycles. The molecule has 0 spiro atoms. The Labute approximate surface area is 84.2 Å². The number of hydrogen-bond donors (Lipinski definition) is 0. The summed E-state index contributed by atoms with van der Waals surface area (Å²) < 4.78 is 5.03. The molecule has 0 aliphatic heterocycles. The van der Waals surface area contributed by atoms with Crippen molar-refractivity contribution in [3.63, 3.8) is 0 Å². The summed E-state index contributed by atoms with van der Waals surface area (Å²) >= 11 is 1.28. The van der Waals surface area contributed by atoms with Crippen molar-refractivity contribution in [3.05, 3.63) is 41.8 Å². The SMILES string of the molecule is O=C(Oc1cncs1)c1ccncc1. The molecule has 2 aromatic heterocycles. The number of carbonyl (C=O) groups is 1. The first-order valence-electron chi connectivity index (χ1n) is 3.87. The fraction of sp³-hybridized carbons (Fsp3) is 0. The molecule has 0 atom stereocenters. The third kappa shape index (κ3) is 1.94. The number of nitrogens with zero attached hydrogens (tertiary/aromatic N) is 2. The summed E-state index contributed by atoms with van der Waals surface area (Å²) in [6, 6.07) is 3.20. The van der Waals surface area contributed by atoms with Crippen LogP contribution in [0, 0.1) is 0 Å². The van der Waals surface area contributed by atoms with Crippen molar-refractivity contribution >= 4 is 17.3 Å². The van der Waals surface area contributed by atoms with E-state index >= 15 is 0 Å². The quantitative estimate of drug-likeness (QED) is 0.702. The predicted octanol–water partition coefficient (Wildman–Crippen LogP) is 1.76. The van der Waals surface area contributed by atoms with E-state index in [9.17, 15) is 4.79 Å². The lowest BCUT2D eigenvalue weighted by Gasteiger charge is -1.99. The molecule has 2 rings (SSSR count). The Morgan fingerprint density at radius 2 is 2.07 bits per heavy atom. The molecule has 70 valence electrons. The van der Waals surface area contributed by atoms with E-state index in [4.69, 9.17) is 4.74 Å². The lowest BCUT2D eigenvalue weighted by molar-refractivity contribution is 0.0740. The molecule has 2 aromatic rings. The van der Waals surface area contributed by atoms with E-state index < -0.39 is 5.97 Å². The second kappa shape index (κ2) is 3.97. The first-order valence-corrected chi connectivity index (χ1v) is 4.75. The molecule has 0 amide bonds. The first kappa shape index (κ1) is 8.83. The number of thiazole rings is 1. The molecule has 14 heavy (non-hydrogen) atoms. The van der Waals surface area contributed by atoms with Crippen LogP contribution in [-0.4, -0.2) is 15.9 Å². The highest BCUT2D eigenvalue weighted by molar-refractivity contribution is 7.11. The third-order valence-electron chi connectivity index (χ3n) is 1.52. The van der Waals surface area contributed by atoms with Crippen LogP contribution in [0.1, 0.15) is 10.4 Å². The number of pyridine rings is 1. The summed E-state index contributed by atoms with van der Waals surface area (Å²) in [5.74, 6) is -0.392. The van der Waals surface area contributed by atoms with Crippen LogP contribution in [-0.2, 0) is 0 Å². The van der Waals surface area contributed by atoms with Crippen molar-refractivity contribution in [2.45, 2.75) is 0 Å². The molecule has 0 saturated heterocycles. The molecule has 0 radical (unpaired) electrons. The van der Waals surface area contributed by atoms with E-state index in [1.807, 2.05) is 0 Å². The lowest BCUT2D eigenvalue weighted by Crippen LogP contribution is -2.07. The normalized spacial score (nSPS) is 9.71. The second-order valence-electron chi connectivity index (χ2n) is 2.45. The van der Waals surface area contributed by atoms with Gasteiger partial charge in [-0.05, 0) is 12.1 Å². The van der Waals surface area contributed by atoms with Gasteiger partial charge in [-0.15, -0.1) is 0 Å². The Kier molecular flexibility index (Phi) is 2.51. The minimum atomic E-state index is -0.392. The smallest absolute Gasteiger partial charge is 0.344 e. The van der Waals surface area contributed by atoms with Crippen LogP contribution < -0.4 is 4.74 Å². The first-order chi connectivity index (χ1) is 6.86.